The van der Waals surface area contributed by atoms with Crippen LogP contribution in [0.1, 0.15) is 13.3 Å². The third-order valence-corrected chi connectivity index (χ3v) is 2.90. The van der Waals surface area contributed by atoms with Gasteiger partial charge in [-0.1, -0.05) is 0 Å². The molecule has 2 amide bonds. The lowest BCUT2D eigenvalue weighted by molar-refractivity contribution is -0.131. The quantitative estimate of drug-likeness (QED) is 0.762. The first-order valence-electron chi connectivity index (χ1n) is 6.45. The smallest absolute Gasteiger partial charge is 0.412 e. The average molecular weight is 282 g/mol. The number of aromatic nitrogens is 3. The lowest BCUT2D eigenvalue weighted by atomic mass is 10.3. The Kier molecular flexibility index (Phi) is 4.51. The normalized spacial score (nSPS) is 18.1. The van der Waals surface area contributed by atoms with Gasteiger partial charge < -0.3 is 15.4 Å². The van der Waals surface area contributed by atoms with Crippen LogP contribution >= 0.6 is 0 Å². The van der Waals surface area contributed by atoms with E-state index in [4.69, 9.17) is 10.5 Å². The van der Waals surface area contributed by atoms with Gasteiger partial charge in [-0.05, 0) is 13.3 Å². The van der Waals surface area contributed by atoms with Crippen molar-refractivity contribution in [2.24, 2.45) is 5.73 Å². The number of carbonyl (C=O) groups excluding carboxylic acids is 2. The molecule has 9 heteroatoms. The van der Waals surface area contributed by atoms with Gasteiger partial charge in [-0.15, -0.1) is 5.10 Å². The van der Waals surface area contributed by atoms with Crippen LogP contribution in [0.15, 0.2) is 6.20 Å². The molecule has 0 saturated carbocycles. The number of carbonyl (C=O) groups is 2. The van der Waals surface area contributed by atoms with Crippen molar-refractivity contribution in [2.75, 3.05) is 25.0 Å². The summed E-state index contributed by atoms with van der Waals surface area (Å²) >= 11 is 0. The number of ether oxygens (including phenoxy) is 1. The summed E-state index contributed by atoms with van der Waals surface area (Å²) in [5.74, 6) is 0.158. The van der Waals surface area contributed by atoms with Gasteiger partial charge in [0.25, 0.3) is 0 Å². The molecule has 1 unspecified atom stereocenters. The molecule has 1 aromatic rings. The minimum absolute atomic E-state index is 0.0250. The molecule has 20 heavy (non-hydrogen) atoms. The average Bonchev–Trinajstić information content (AvgIpc) is 2.99. The summed E-state index contributed by atoms with van der Waals surface area (Å²) in [4.78, 5) is 26.1. The van der Waals surface area contributed by atoms with Gasteiger partial charge >= 0.3 is 6.09 Å². The minimum atomic E-state index is -0.601. The number of nitrogens with one attached hydrogen (secondary N) is 1. The van der Waals surface area contributed by atoms with Gasteiger partial charge in [-0.2, -0.15) is 9.90 Å². The minimum Gasteiger partial charge on any atom is -0.450 e. The van der Waals surface area contributed by atoms with Gasteiger partial charge in [-0.25, -0.2) is 4.79 Å². The second-order valence-electron chi connectivity index (χ2n) is 4.49. The van der Waals surface area contributed by atoms with E-state index in [0.29, 0.717) is 13.1 Å². The molecule has 1 atom stereocenters. The molecule has 9 nitrogen and oxygen atoms in total. The first-order chi connectivity index (χ1) is 9.58. The topological polar surface area (TPSA) is 115 Å². The second-order valence-corrected chi connectivity index (χ2v) is 4.49. The van der Waals surface area contributed by atoms with Crippen LogP contribution in [-0.4, -0.2) is 57.6 Å². The Morgan fingerprint density at radius 3 is 3.05 bits per heavy atom. The summed E-state index contributed by atoms with van der Waals surface area (Å²) in [6.07, 6.45) is 1.57. The van der Waals surface area contributed by atoms with E-state index in [1.54, 1.807) is 11.8 Å². The summed E-state index contributed by atoms with van der Waals surface area (Å²) < 4.78 is 4.71. The molecule has 0 radical (unpaired) electrons. The number of hydrogen-bond donors (Lipinski definition) is 2. The van der Waals surface area contributed by atoms with E-state index < -0.39 is 6.09 Å². The van der Waals surface area contributed by atoms with E-state index in [2.05, 4.69) is 15.5 Å². The second kappa shape index (κ2) is 6.33. The fourth-order valence-corrected chi connectivity index (χ4v) is 1.94. The highest BCUT2D eigenvalue weighted by molar-refractivity contribution is 5.83. The molecular formula is C11H18N6O3. The largest absolute Gasteiger partial charge is 0.450 e. The molecule has 1 aliphatic rings. The Balaban J connectivity index is 1.86. The van der Waals surface area contributed by atoms with Gasteiger partial charge in [0.15, 0.2) is 5.82 Å². The number of anilines is 1. The molecule has 0 aliphatic carbocycles. The molecule has 3 N–H and O–H groups in total. The van der Waals surface area contributed by atoms with Crippen molar-refractivity contribution in [3.05, 3.63) is 6.20 Å². The van der Waals surface area contributed by atoms with Crippen LogP contribution in [0, 0.1) is 0 Å². The van der Waals surface area contributed by atoms with Crippen LogP contribution in [0.3, 0.4) is 0 Å². The lowest BCUT2D eigenvalue weighted by Gasteiger charge is -2.14. The van der Waals surface area contributed by atoms with E-state index in [0.717, 1.165) is 6.42 Å². The zero-order chi connectivity index (χ0) is 14.5. The molecule has 2 heterocycles. The van der Waals surface area contributed by atoms with Gasteiger partial charge in [0.1, 0.15) is 6.54 Å². The van der Waals surface area contributed by atoms with Gasteiger partial charge in [0.2, 0.25) is 5.91 Å². The van der Waals surface area contributed by atoms with Crippen molar-refractivity contribution in [3.8, 4) is 0 Å². The SMILES string of the molecule is CCOC(=O)Nc1cnn(CC(=O)N2CCC(N)C2)n1. The molecule has 1 fully saturated rings. The zero-order valence-corrected chi connectivity index (χ0v) is 11.3. The number of rotatable bonds is 4. The van der Waals surface area contributed by atoms with Crippen LogP contribution < -0.4 is 11.1 Å². The summed E-state index contributed by atoms with van der Waals surface area (Å²) in [6, 6.07) is 0.0468. The number of nitrogens with two attached hydrogens (primary N) is 1. The van der Waals surface area contributed by atoms with E-state index in [1.807, 2.05) is 0 Å². The first-order valence-corrected chi connectivity index (χ1v) is 6.45. The fraction of sp³-hybridized carbons (Fsp3) is 0.636. The highest BCUT2D eigenvalue weighted by Gasteiger charge is 2.24. The molecule has 0 bridgehead atoms. The predicted molar refractivity (Wildman–Crippen MR) is 69.8 cm³/mol. The maximum atomic E-state index is 12.0. The maximum absolute atomic E-state index is 12.0. The van der Waals surface area contributed by atoms with Gasteiger partial charge in [0, 0.05) is 19.1 Å². The van der Waals surface area contributed by atoms with Crippen LogP contribution in [-0.2, 0) is 16.1 Å². The third-order valence-electron chi connectivity index (χ3n) is 2.90. The Hall–Kier alpha value is -2.16. The van der Waals surface area contributed by atoms with Gasteiger partial charge in [0.05, 0.1) is 12.8 Å². The molecule has 2 rings (SSSR count). The van der Waals surface area contributed by atoms with Crippen molar-refractivity contribution >= 4 is 17.8 Å². The number of likely N-dealkylation sites (tertiary alicyclic amines) is 1. The molecular weight excluding hydrogens is 264 g/mol. The molecule has 1 saturated heterocycles. The highest BCUT2D eigenvalue weighted by Crippen LogP contribution is 2.08. The summed E-state index contributed by atoms with van der Waals surface area (Å²) in [7, 11) is 0. The lowest BCUT2D eigenvalue weighted by Crippen LogP contribution is -2.34. The van der Waals surface area contributed by atoms with Crippen molar-refractivity contribution in [2.45, 2.75) is 25.9 Å². The first kappa shape index (κ1) is 14.3. The Bertz CT molecular complexity index is 488. The van der Waals surface area contributed by atoms with Crippen LogP contribution in [0.25, 0.3) is 0 Å². The van der Waals surface area contributed by atoms with Crippen molar-refractivity contribution in [1.82, 2.24) is 19.9 Å². The van der Waals surface area contributed by atoms with E-state index in [9.17, 15) is 9.59 Å². The standard InChI is InChI=1S/C11H18N6O3/c1-2-20-11(19)14-9-5-13-17(15-9)7-10(18)16-4-3-8(12)6-16/h5,8H,2-4,6-7,12H2,1H3,(H,14,15,19). The van der Waals surface area contributed by atoms with Gasteiger partial charge in [-0.3, -0.25) is 10.1 Å². The highest BCUT2D eigenvalue weighted by atomic mass is 16.5. The third kappa shape index (κ3) is 3.67. The van der Waals surface area contributed by atoms with E-state index in [1.165, 1.54) is 11.0 Å². The molecule has 0 aromatic carbocycles. The van der Waals surface area contributed by atoms with Crippen molar-refractivity contribution in [3.63, 3.8) is 0 Å². The van der Waals surface area contributed by atoms with Crippen molar-refractivity contribution < 1.29 is 14.3 Å². The summed E-state index contributed by atoms with van der Waals surface area (Å²) in [5.41, 5.74) is 5.75. The van der Waals surface area contributed by atoms with Crippen LogP contribution in [0.5, 0.6) is 0 Å². The Labute approximate surface area is 116 Å². The Morgan fingerprint density at radius 1 is 1.60 bits per heavy atom. The fourth-order valence-electron chi connectivity index (χ4n) is 1.94. The van der Waals surface area contributed by atoms with E-state index >= 15 is 0 Å². The molecule has 110 valence electrons. The summed E-state index contributed by atoms with van der Waals surface area (Å²) in [6.45, 7) is 3.23. The number of amides is 2. The maximum Gasteiger partial charge on any atom is 0.412 e. The monoisotopic (exact) mass is 282 g/mol. The molecule has 1 aliphatic heterocycles. The number of nitrogens with zero attached hydrogens (tertiary/aromatic N) is 4. The predicted octanol–water partition coefficient (Wildman–Crippen LogP) is -0.594. The Morgan fingerprint density at radius 2 is 2.40 bits per heavy atom. The zero-order valence-electron chi connectivity index (χ0n) is 11.3. The molecule has 1 aromatic heterocycles. The van der Waals surface area contributed by atoms with Crippen molar-refractivity contribution in [1.29, 1.82) is 0 Å². The van der Waals surface area contributed by atoms with E-state index in [-0.39, 0.29) is 30.9 Å². The number of hydrogen-bond acceptors (Lipinski definition) is 6. The summed E-state index contributed by atoms with van der Waals surface area (Å²) in [5, 5.41) is 10.3. The van der Waals surface area contributed by atoms with Crippen LogP contribution in [0.2, 0.25) is 0 Å². The molecule has 0 spiro atoms. The van der Waals surface area contributed by atoms with Crippen LogP contribution in [0.4, 0.5) is 10.6 Å².